The van der Waals surface area contributed by atoms with Crippen LogP contribution in [0.1, 0.15) is 11.4 Å². The van der Waals surface area contributed by atoms with Gasteiger partial charge in [0.1, 0.15) is 11.6 Å². The molecule has 0 bridgehead atoms. The van der Waals surface area contributed by atoms with E-state index in [0.717, 1.165) is 28.1 Å². The summed E-state index contributed by atoms with van der Waals surface area (Å²) in [6.07, 6.45) is 0. The largest absolute Gasteiger partial charge is 0.294 e. The van der Waals surface area contributed by atoms with Crippen molar-refractivity contribution in [2.45, 2.75) is 12.8 Å². The van der Waals surface area contributed by atoms with Gasteiger partial charge in [0.05, 0.1) is 22.6 Å². The zero-order valence-corrected chi connectivity index (χ0v) is 13.0. The molecule has 20 heavy (non-hydrogen) atoms. The molecule has 0 aliphatic rings. The number of alkyl halides is 1. The van der Waals surface area contributed by atoms with Crippen molar-refractivity contribution in [3.05, 3.63) is 58.1 Å². The van der Waals surface area contributed by atoms with E-state index in [1.807, 2.05) is 29.7 Å². The molecule has 1 aromatic heterocycles. The minimum atomic E-state index is -0.284. The minimum Gasteiger partial charge on any atom is -0.294 e. The number of imidazole rings is 1. The summed E-state index contributed by atoms with van der Waals surface area (Å²) in [4.78, 5) is 4.53. The van der Waals surface area contributed by atoms with Crippen LogP contribution in [0.2, 0.25) is 0 Å². The first kappa shape index (κ1) is 13.6. The Bertz CT molecular complexity index is 798. The van der Waals surface area contributed by atoms with Crippen LogP contribution in [-0.4, -0.2) is 9.55 Å². The van der Waals surface area contributed by atoms with Gasteiger partial charge in [0.15, 0.2) is 0 Å². The molecule has 0 fully saturated rings. The molecular formula is C15H11BrClFN2. The summed E-state index contributed by atoms with van der Waals surface area (Å²) in [5, 5.41) is 0. The number of fused-ring (bicyclic) bond motifs is 1. The van der Waals surface area contributed by atoms with Crippen molar-refractivity contribution in [3.63, 3.8) is 0 Å². The van der Waals surface area contributed by atoms with Crippen LogP contribution in [0.25, 0.3) is 16.7 Å². The lowest BCUT2D eigenvalue weighted by molar-refractivity contribution is 0.626. The average molecular weight is 354 g/mol. The summed E-state index contributed by atoms with van der Waals surface area (Å²) in [7, 11) is 0. The highest BCUT2D eigenvalue weighted by molar-refractivity contribution is 9.10. The van der Waals surface area contributed by atoms with Crippen molar-refractivity contribution < 1.29 is 4.39 Å². The molecule has 2 nitrogen and oxygen atoms in total. The normalized spacial score (nSPS) is 11.2. The van der Waals surface area contributed by atoms with Gasteiger partial charge in [0.2, 0.25) is 0 Å². The monoisotopic (exact) mass is 352 g/mol. The van der Waals surface area contributed by atoms with Crippen LogP contribution in [0.3, 0.4) is 0 Å². The molecule has 0 aliphatic heterocycles. The Morgan fingerprint density at radius 2 is 2.05 bits per heavy atom. The first-order chi connectivity index (χ1) is 9.60. The van der Waals surface area contributed by atoms with Crippen LogP contribution in [-0.2, 0) is 5.88 Å². The molecule has 0 atom stereocenters. The van der Waals surface area contributed by atoms with Crippen molar-refractivity contribution in [2.24, 2.45) is 0 Å². The Morgan fingerprint density at radius 1 is 1.25 bits per heavy atom. The fourth-order valence-corrected chi connectivity index (χ4v) is 2.96. The lowest BCUT2D eigenvalue weighted by atomic mass is 10.2. The zero-order valence-electron chi connectivity index (χ0n) is 10.7. The quantitative estimate of drug-likeness (QED) is 0.594. The van der Waals surface area contributed by atoms with Crippen molar-refractivity contribution in [1.82, 2.24) is 9.55 Å². The maximum atomic E-state index is 13.3. The second kappa shape index (κ2) is 5.19. The van der Waals surface area contributed by atoms with Crippen LogP contribution in [0.4, 0.5) is 4.39 Å². The van der Waals surface area contributed by atoms with E-state index in [0.29, 0.717) is 4.47 Å². The number of aromatic nitrogens is 2. The maximum absolute atomic E-state index is 13.3. The van der Waals surface area contributed by atoms with E-state index >= 15 is 0 Å². The smallest absolute Gasteiger partial charge is 0.129 e. The van der Waals surface area contributed by atoms with E-state index in [-0.39, 0.29) is 11.7 Å². The molecular weight excluding hydrogens is 343 g/mol. The summed E-state index contributed by atoms with van der Waals surface area (Å²) in [6, 6.07) is 10.6. The number of rotatable bonds is 2. The molecule has 0 saturated heterocycles. The molecule has 0 amide bonds. The standard InChI is InChI=1S/C15H11BrClFN2/c1-9-2-4-12-14(6-9)20(15(8-17)19-12)13-5-3-10(18)7-11(13)16/h2-7H,8H2,1H3. The number of hydrogen-bond donors (Lipinski definition) is 0. The highest BCUT2D eigenvalue weighted by Crippen LogP contribution is 2.29. The van der Waals surface area contributed by atoms with Crippen LogP contribution in [0, 0.1) is 12.7 Å². The first-order valence-electron chi connectivity index (χ1n) is 6.09. The Morgan fingerprint density at radius 3 is 2.75 bits per heavy atom. The topological polar surface area (TPSA) is 17.8 Å². The van der Waals surface area contributed by atoms with Crippen LogP contribution < -0.4 is 0 Å². The second-order valence-corrected chi connectivity index (χ2v) is 5.71. The highest BCUT2D eigenvalue weighted by Gasteiger charge is 2.14. The molecule has 5 heteroatoms. The van der Waals surface area contributed by atoms with Crippen LogP contribution >= 0.6 is 27.5 Å². The van der Waals surface area contributed by atoms with Crippen molar-refractivity contribution >= 4 is 38.6 Å². The van der Waals surface area contributed by atoms with Gasteiger partial charge >= 0.3 is 0 Å². The number of nitrogens with zero attached hydrogens (tertiary/aromatic N) is 2. The molecule has 2 aromatic carbocycles. The third-order valence-electron chi connectivity index (χ3n) is 3.15. The molecule has 0 N–H and O–H groups in total. The minimum absolute atomic E-state index is 0.284. The third-order valence-corrected chi connectivity index (χ3v) is 4.02. The van der Waals surface area contributed by atoms with Crippen molar-refractivity contribution in [1.29, 1.82) is 0 Å². The fraction of sp³-hybridized carbons (Fsp3) is 0.133. The summed E-state index contributed by atoms with van der Waals surface area (Å²) < 4.78 is 15.9. The van der Waals surface area contributed by atoms with Crippen LogP contribution in [0.15, 0.2) is 40.9 Å². The van der Waals surface area contributed by atoms with E-state index in [4.69, 9.17) is 11.6 Å². The van der Waals surface area contributed by atoms with Gasteiger partial charge in [-0.3, -0.25) is 4.57 Å². The van der Waals surface area contributed by atoms with E-state index in [2.05, 4.69) is 20.9 Å². The highest BCUT2D eigenvalue weighted by atomic mass is 79.9. The SMILES string of the molecule is Cc1ccc2nc(CCl)n(-c3ccc(F)cc3Br)c2c1. The lowest BCUT2D eigenvalue weighted by Crippen LogP contribution is -2.00. The number of halogens is 3. The first-order valence-corrected chi connectivity index (χ1v) is 7.42. The summed E-state index contributed by atoms with van der Waals surface area (Å²) in [5.41, 5.74) is 3.81. The summed E-state index contributed by atoms with van der Waals surface area (Å²) in [6.45, 7) is 2.02. The van der Waals surface area contributed by atoms with Gasteiger partial charge in [0, 0.05) is 4.47 Å². The molecule has 1 heterocycles. The van der Waals surface area contributed by atoms with E-state index in [1.165, 1.54) is 12.1 Å². The molecule has 0 aliphatic carbocycles. The Hall–Kier alpha value is -1.39. The molecule has 3 rings (SSSR count). The van der Waals surface area contributed by atoms with Gasteiger partial charge < -0.3 is 0 Å². The van der Waals surface area contributed by atoms with Gasteiger partial charge in [-0.1, -0.05) is 6.07 Å². The van der Waals surface area contributed by atoms with Crippen molar-refractivity contribution in [3.8, 4) is 5.69 Å². The summed E-state index contributed by atoms with van der Waals surface area (Å²) >= 11 is 9.41. The van der Waals surface area contributed by atoms with Gasteiger partial charge in [-0.05, 0) is 58.7 Å². The Balaban J connectivity index is 2.36. The molecule has 102 valence electrons. The predicted molar refractivity (Wildman–Crippen MR) is 83.0 cm³/mol. The van der Waals surface area contributed by atoms with Crippen molar-refractivity contribution in [2.75, 3.05) is 0 Å². The Labute approximate surface area is 129 Å². The number of aryl methyl sites for hydroxylation is 1. The lowest BCUT2D eigenvalue weighted by Gasteiger charge is -2.10. The molecule has 0 spiro atoms. The predicted octanol–water partition coefficient (Wildman–Crippen LogP) is 4.97. The average Bonchev–Trinajstić information content (AvgIpc) is 2.76. The van der Waals surface area contributed by atoms with E-state index in [1.54, 1.807) is 6.07 Å². The Kier molecular flexibility index (Phi) is 3.52. The zero-order chi connectivity index (χ0) is 14.3. The fourth-order valence-electron chi connectivity index (χ4n) is 2.26. The molecule has 0 radical (unpaired) electrons. The summed E-state index contributed by atoms with van der Waals surface area (Å²) in [5.74, 6) is 0.741. The molecule has 0 saturated carbocycles. The van der Waals surface area contributed by atoms with Gasteiger partial charge in [-0.2, -0.15) is 0 Å². The second-order valence-electron chi connectivity index (χ2n) is 4.58. The van der Waals surface area contributed by atoms with E-state index < -0.39 is 0 Å². The molecule has 0 unspecified atom stereocenters. The van der Waals surface area contributed by atoms with Crippen LogP contribution in [0.5, 0.6) is 0 Å². The number of benzene rings is 2. The van der Waals surface area contributed by atoms with Gasteiger partial charge in [-0.25, -0.2) is 9.37 Å². The third kappa shape index (κ3) is 2.23. The maximum Gasteiger partial charge on any atom is 0.129 e. The van der Waals surface area contributed by atoms with E-state index in [9.17, 15) is 4.39 Å². The number of hydrogen-bond acceptors (Lipinski definition) is 1. The van der Waals surface area contributed by atoms with Gasteiger partial charge in [-0.15, -0.1) is 11.6 Å². The van der Waals surface area contributed by atoms with Gasteiger partial charge in [0.25, 0.3) is 0 Å². The molecule has 3 aromatic rings.